The van der Waals surface area contributed by atoms with E-state index in [4.69, 9.17) is 5.11 Å². The van der Waals surface area contributed by atoms with Crippen LogP contribution in [0, 0.1) is 0 Å². The summed E-state index contributed by atoms with van der Waals surface area (Å²) in [4.78, 5) is 1.65. The molecule has 0 unspecified atom stereocenters. The Balaban J connectivity index is 1.97. The van der Waals surface area contributed by atoms with Gasteiger partial charge in [-0.1, -0.05) is 28.1 Å². The fourth-order valence-corrected chi connectivity index (χ4v) is 2.47. The van der Waals surface area contributed by atoms with E-state index in [2.05, 4.69) is 38.3 Å². The van der Waals surface area contributed by atoms with E-state index >= 15 is 0 Å². The first-order valence-corrected chi connectivity index (χ1v) is 7.28. The van der Waals surface area contributed by atoms with Gasteiger partial charge in [0.1, 0.15) is 11.0 Å². The summed E-state index contributed by atoms with van der Waals surface area (Å²) in [6, 6.07) is 13.9. The number of aliphatic hydroxyl groups excluding tert-OH is 1. The predicted molar refractivity (Wildman–Crippen MR) is 82.0 cm³/mol. The van der Waals surface area contributed by atoms with E-state index in [0.29, 0.717) is 0 Å². The van der Waals surface area contributed by atoms with Gasteiger partial charge in [0.15, 0.2) is 0 Å². The van der Waals surface area contributed by atoms with Crippen molar-refractivity contribution in [3.63, 3.8) is 0 Å². The molecule has 3 rings (SSSR count). The molecule has 0 spiro atoms. The Morgan fingerprint density at radius 2 is 1.90 bits per heavy atom. The highest BCUT2D eigenvalue weighted by Crippen LogP contribution is 2.18. The van der Waals surface area contributed by atoms with E-state index in [1.54, 1.807) is 4.80 Å². The van der Waals surface area contributed by atoms with Crippen molar-refractivity contribution >= 4 is 27.0 Å². The van der Waals surface area contributed by atoms with Crippen molar-refractivity contribution in [1.29, 1.82) is 0 Å². The maximum atomic E-state index is 8.90. The molecule has 2 aromatic carbocycles. The molecule has 0 radical (unpaired) electrons. The molecule has 0 amide bonds. The van der Waals surface area contributed by atoms with Gasteiger partial charge in [0.05, 0.1) is 5.69 Å². The van der Waals surface area contributed by atoms with Crippen molar-refractivity contribution in [3.05, 3.63) is 52.5 Å². The first kappa shape index (κ1) is 13.3. The number of aromatic nitrogens is 3. The van der Waals surface area contributed by atoms with E-state index in [9.17, 15) is 0 Å². The summed E-state index contributed by atoms with van der Waals surface area (Å²) in [5, 5.41) is 17.9. The highest BCUT2D eigenvalue weighted by atomic mass is 79.9. The summed E-state index contributed by atoms with van der Waals surface area (Å²) in [6.45, 7) is 0.210. The van der Waals surface area contributed by atoms with Crippen LogP contribution in [0.2, 0.25) is 0 Å². The molecule has 0 saturated heterocycles. The number of benzene rings is 2. The molecule has 0 bridgehead atoms. The third kappa shape index (κ3) is 2.73. The Labute approximate surface area is 125 Å². The van der Waals surface area contributed by atoms with Gasteiger partial charge in [-0.3, -0.25) is 0 Å². The zero-order valence-electron chi connectivity index (χ0n) is 10.8. The highest BCUT2D eigenvalue weighted by molar-refractivity contribution is 9.10. The minimum absolute atomic E-state index is 0.210. The Hall–Kier alpha value is -1.72. The van der Waals surface area contributed by atoms with Crippen molar-refractivity contribution in [2.75, 3.05) is 6.61 Å². The predicted octanol–water partition coefficient (Wildman–Crippen LogP) is 3.11. The smallest absolute Gasteiger partial charge is 0.114 e. The number of aryl methyl sites for hydroxylation is 1. The van der Waals surface area contributed by atoms with E-state index < -0.39 is 0 Å². The maximum absolute atomic E-state index is 8.90. The van der Waals surface area contributed by atoms with Crippen LogP contribution in [0.3, 0.4) is 0 Å². The van der Waals surface area contributed by atoms with Crippen LogP contribution in [-0.4, -0.2) is 26.7 Å². The van der Waals surface area contributed by atoms with Crippen LogP contribution < -0.4 is 0 Å². The molecule has 4 nitrogen and oxygen atoms in total. The largest absolute Gasteiger partial charge is 0.396 e. The quantitative estimate of drug-likeness (QED) is 0.799. The maximum Gasteiger partial charge on any atom is 0.114 e. The lowest BCUT2D eigenvalue weighted by molar-refractivity contribution is 0.288. The monoisotopic (exact) mass is 331 g/mol. The molecule has 0 saturated carbocycles. The Bertz CT molecular complexity index is 739. The SMILES string of the molecule is OCCCc1cccc(-n2nc3ccc(Br)cc3n2)c1. The van der Waals surface area contributed by atoms with Crippen LogP contribution in [0.25, 0.3) is 16.7 Å². The van der Waals surface area contributed by atoms with Crippen LogP contribution in [-0.2, 0) is 6.42 Å². The molecule has 1 aromatic heterocycles. The Morgan fingerprint density at radius 3 is 2.75 bits per heavy atom. The number of hydrogen-bond donors (Lipinski definition) is 1. The average Bonchev–Trinajstić information content (AvgIpc) is 2.88. The first-order chi connectivity index (χ1) is 9.76. The molecule has 0 aliphatic heterocycles. The molecule has 20 heavy (non-hydrogen) atoms. The molecule has 5 heteroatoms. The average molecular weight is 332 g/mol. The molecule has 0 fully saturated rings. The minimum atomic E-state index is 0.210. The first-order valence-electron chi connectivity index (χ1n) is 6.49. The molecule has 102 valence electrons. The van der Waals surface area contributed by atoms with Gasteiger partial charge >= 0.3 is 0 Å². The lowest BCUT2D eigenvalue weighted by Crippen LogP contribution is -1.99. The number of halogens is 1. The third-order valence-electron chi connectivity index (χ3n) is 3.11. The third-order valence-corrected chi connectivity index (χ3v) is 3.60. The van der Waals surface area contributed by atoms with Crippen LogP contribution in [0.1, 0.15) is 12.0 Å². The second-order valence-corrected chi connectivity index (χ2v) is 5.54. The summed E-state index contributed by atoms with van der Waals surface area (Å²) in [7, 11) is 0. The number of nitrogens with zero attached hydrogens (tertiary/aromatic N) is 3. The van der Waals surface area contributed by atoms with Crippen molar-refractivity contribution in [3.8, 4) is 5.69 Å². The minimum Gasteiger partial charge on any atom is -0.396 e. The van der Waals surface area contributed by atoms with Crippen LogP contribution in [0.15, 0.2) is 46.9 Å². The molecule has 1 heterocycles. The van der Waals surface area contributed by atoms with E-state index in [1.165, 1.54) is 5.56 Å². The van der Waals surface area contributed by atoms with Crippen LogP contribution in [0.5, 0.6) is 0 Å². The highest BCUT2D eigenvalue weighted by Gasteiger charge is 2.05. The van der Waals surface area contributed by atoms with Crippen LogP contribution in [0.4, 0.5) is 0 Å². The molecule has 1 N–H and O–H groups in total. The molecular weight excluding hydrogens is 318 g/mol. The van der Waals surface area contributed by atoms with Crippen molar-refractivity contribution in [1.82, 2.24) is 15.0 Å². The Kier molecular flexibility index (Phi) is 3.80. The summed E-state index contributed by atoms with van der Waals surface area (Å²) in [5.74, 6) is 0. The molecular formula is C15H14BrN3O. The molecule has 3 aromatic rings. The van der Waals surface area contributed by atoms with Gasteiger partial charge in [0, 0.05) is 11.1 Å². The van der Waals surface area contributed by atoms with Gasteiger partial charge in [-0.05, 0) is 48.7 Å². The van der Waals surface area contributed by atoms with Gasteiger partial charge in [0.25, 0.3) is 0 Å². The summed E-state index contributed by atoms with van der Waals surface area (Å²) in [6.07, 6.45) is 1.63. The molecule has 0 aliphatic carbocycles. The van der Waals surface area contributed by atoms with E-state index in [0.717, 1.165) is 34.0 Å². The van der Waals surface area contributed by atoms with Gasteiger partial charge in [-0.15, -0.1) is 10.2 Å². The van der Waals surface area contributed by atoms with Gasteiger partial charge in [-0.25, -0.2) is 0 Å². The van der Waals surface area contributed by atoms with Crippen molar-refractivity contribution in [2.45, 2.75) is 12.8 Å². The van der Waals surface area contributed by atoms with E-state index in [1.807, 2.05) is 30.3 Å². The standard InChI is InChI=1S/C15H14BrN3O/c16-12-6-7-14-15(10-12)18-19(17-14)13-5-1-3-11(9-13)4-2-8-20/h1,3,5-7,9-10,20H,2,4,8H2. The zero-order valence-corrected chi connectivity index (χ0v) is 12.4. The number of hydrogen-bond acceptors (Lipinski definition) is 3. The fraction of sp³-hybridized carbons (Fsp3) is 0.200. The topological polar surface area (TPSA) is 50.9 Å². The zero-order chi connectivity index (χ0) is 13.9. The number of fused-ring (bicyclic) bond motifs is 1. The second kappa shape index (κ2) is 5.73. The summed E-state index contributed by atoms with van der Waals surface area (Å²) < 4.78 is 0.994. The lowest BCUT2D eigenvalue weighted by atomic mass is 10.1. The van der Waals surface area contributed by atoms with Gasteiger partial charge in [-0.2, -0.15) is 4.80 Å². The fourth-order valence-electron chi connectivity index (χ4n) is 2.12. The lowest BCUT2D eigenvalue weighted by Gasteiger charge is -2.03. The van der Waals surface area contributed by atoms with Crippen LogP contribution >= 0.6 is 15.9 Å². The number of rotatable bonds is 4. The normalized spacial score (nSPS) is 11.1. The summed E-state index contributed by atoms with van der Waals surface area (Å²) in [5.41, 5.74) is 3.85. The number of aliphatic hydroxyl groups is 1. The molecule has 0 aliphatic rings. The second-order valence-electron chi connectivity index (χ2n) is 4.62. The van der Waals surface area contributed by atoms with Gasteiger partial charge < -0.3 is 5.11 Å². The molecule has 0 atom stereocenters. The van der Waals surface area contributed by atoms with Crippen molar-refractivity contribution < 1.29 is 5.11 Å². The summed E-state index contributed by atoms with van der Waals surface area (Å²) >= 11 is 3.44. The van der Waals surface area contributed by atoms with Gasteiger partial charge in [0.2, 0.25) is 0 Å². The van der Waals surface area contributed by atoms with E-state index in [-0.39, 0.29) is 6.61 Å². The Morgan fingerprint density at radius 1 is 1.05 bits per heavy atom. The van der Waals surface area contributed by atoms with Crippen molar-refractivity contribution in [2.24, 2.45) is 0 Å².